The highest BCUT2D eigenvalue weighted by molar-refractivity contribution is 14.1. The van der Waals surface area contributed by atoms with Gasteiger partial charge in [-0.15, -0.1) is 0 Å². The van der Waals surface area contributed by atoms with Gasteiger partial charge < -0.3 is 15.2 Å². The number of hydrogen-bond acceptors (Lipinski definition) is 5. The smallest absolute Gasteiger partial charge is 0.262 e. The molecule has 2 rings (SSSR count). The number of ether oxygens (including phenoxy) is 1. The Hall–Kier alpha value is -2.29. The van der Waals surface area contributed by atoms with Crippen LogP contribution in [0.2, 0.25) is 0 Å². The lowest BCUT2D eigenvalue weighted by atomic mass is 10.1. The standard InChI is InChI=1S/C19H22IN3O3/c1-4-15(22-16-9-8-14(20)10-12(16)2)19(25)23-21-11-13-6-5-7-17(26-3)18(13)24/h5-11,15,22,24H,4H2,1-3H3,(H,23,25)/b21-11-/t15-/m1/s1. The van der Waals surface area contributed by atoms with Gasteiger partial charge in [-0.3, -0.25) is 4.79 Å². The first kappa shape index (κ1) is 20.0. The van der Waals surface area contributed by atoms with Gasteiger partial charge in [0.25, 0.3) is 5.91 Å². The van der Waals surface area contributed by atoms with Gasteiger partial charge in [-0.25, -0.2) is 5.43 Å². The van der Waals surface area contributed by atoms with E-state index < -0.39 is 6.04 Å². The number of aromatic hydroxyl groups is 1. The average molecular weight is 467 g/mol. The molecule has 1 atom stereocenters. The van der Waals surface area contributed by atoms with Gasteiger partial charge in [0.2, 0.25) is 0 Å². The second-order valence-corrected chi connectivity index (χ2v) is 6.94. The Kier molecular flexibility index (Phi) is 7.26. The number of phenolic OH excluding ortho intramolecular Hbond substituents is 1. The molecule has 3 N–H and O–H groups in total. The number of hydrazone groups is 1. The van der Waals surface area contributed by atoms with Crippen molar-refractivity contribution >= 4 is 40.4 Å². The Morgan fingerprint density at radius 2 is 2.15 bits per heavy atom. The maximum atomic E-state index is 12.4. The van der Waals surface area contributed by atoms with E-state index in [1.54, 1.807) is 18.2 Å². The average Bonchev–Trinajstić information content (AvgIpc) is 2.62. The Bertz CT molecular complexity index is 809. The third-order valence-electron chi connectivity index (χ3n) is 3.87. The molecule has 2 aromatic carbocycles. The van der Waals surface area contributed by atoms with Crippen LogP contribution >= 0.6 is 22.6 Å². The van der Waals surface area contributed by atoms with Crippen molar-refractivity contribution in [3.8, 4) is 11.5 Å². The van der Waals surface area contributed by atoms with Gasteiger partial charge in [-0.1, -0.05) is 13.0 Å². The molecule has 0 heterocycles. The van der Waals surface area contributed by atoms with Crippen LogP contribution in [0.25, 0.3) is 0 Å². The first-order valence-corrected chi connectivity index (χ1v) is 9.25. The molecule has 0 unspecified atom stereocenters. The number of para-hydroxylation sites is 1. The SMILES string of the molecule is CC[C@@H](Nc1ccc(I)cc1C)C(=O)N/N=C\c1cccc(OC)c1O. The van der Waals surface area contributed by atoms with E-state index in [9.17, 15) is 9.90 Å². The van der Waals surface area contributed by atoms with E-state index >= 15 is 0 Å². The molecule has 0 saturated heterocycles. The van der Waals surface area contributed by atoms with Crippen LogP contribution in [0.4, 0.5) is 5.69 Å². The van der Waals surface area contributed by atoms with Crippen LogP contribution in [0.15, 0.2) is 41.5 Å². The lowest BCUT2D eigenvalue weighted by Gasteiger charge is -2.18. The van der Waals surface area contributed by atoms with Crippen LogP contribution < -0.4 is 15.5 Å². The molecule has 0 bridgehead atoms. The van der Waals surface area contributed by atoms with Crippen LogP contribution in [0, 0.1) is 10.5 Å². The summed E-state index contributed by atoms with van der Waals surface area (Å²) < 4.78 is 6.19. The number of carbonyl (C=O) groups excluding carboxylic acids is 1. The molecule has 26 heavy (non-hydrogen) atoms. The highest BCUT2D eigenvalue weighted by Gasteiger charge is 2.16. The molecule has 1 amide bonds. The number of amides is 1. The Balaban J connectivity index is 2.03. The molecule has 138 valence electrons. The van der Waals surface area contributed by atoms with Gasteiger partial charge >= 0.3 is 0 Å². The number of aryl methyl sites for hydroxylation is 1. The molecule has 0 aliphatic carbocycles. The van der Waals surface area contributed by atoms with Crippen LogP contribution in [0.5, 0.6) is 11.5 Å². The quantitative estimate of drug-likeness (QED) is 0.330. The lowest BCUT2D eigenvalue weighted by molar-refractivity contribution is -0.121. The number of hydrogen-bond donors (Lipinski definition) is 3. The maximum absolute atomic E-state index is 12.4. The van der Waals surface area contributed by atoms with E-state index in [1.165, 1.54) is 13.3 Å². The Morgan fingerprint density at radius 1 is 1.38 bits per heavy atom. The van der Waals surface area contributed by atoms with Gasteiger partial charge in [-0.05, 0) is 71.8 Å². The zero-order chi connectivity index (χ0) is 19.1. The highest BCUT2D eigenvalue weighted by Crippen LogP contribution is 2.27. The minimum Gasteiger partial charge on any atom is -0.504 e. The largest absolute Gasteiger partial charge is 0.504 e. The van der Waals surface area contributed by atoms with Crippen LogP contribution in [-0.2, 0) is 4.79 Å². The summed E-state index contributed by atoms with van der Waals surface area (Å²) in [5, 5.41) is 17.2. The van der Waals surface area contributed by atoms with Gasteiger partial charge in [0.1, 0.15) is 6.04 Å². The van der Waals surface area contributed by atoms with E-state index in [2.05, 4.69) is 44.5 Å². The number of anilines is 1. The molecule has 6 nitrogen and oxygen atoms in total. The Labute approximate surface area is 166 Å². The number of phenols is 1. The molecule has 0 radical (unpaired) electrons. The van der Waals surface area contributed by atoms with Gasteiger partial charge in [-0.2, -0.15) is 5.10 Å². The predicted molar refractivity (Wildman–Crippen MR) is 112 cm³/mol. The van der Waals surface area contributed by atoms with E-state index in [0.717, 1.165) is 14.8 Å². The normalized spacial score (nSPS) is 12.0. The molecule has 0 aromatic heterocycles. The van der Waals surface area contributed by atoms with Gasteiger partial charge in [0.05, 0.1) is 13.3 Å². The number of nitrogens with zero attached hydrogens (tertiary/aromatic N) is 1. The van der Waals surface area contributed by atoms with Crippen molar-refractivity contribution in [3.63, 3.8) is 0 Å². The second-order valence-electron chi connectivity index (χ2n) is 5.70. The summed E-state index contributed by atoms with van der Waals surface area (Å²) in [5.41, 5.74) is 4.97. The fourth-order valence-corrected chi connectivity index (χ4v) is 3.03. The van der Waals surface area contributed by atoms with Gasteiger partial charge in [0.15, 0.2) is 11.5 Å². The van der Waals surface area contributed by atoms with Crippen LogP contribution in [0.3, 0.4) is 0 Å². The minimum absolute atomic E-state index is 0.0207. The third kappa shape index (κ3) is 5.10. The number of rotatable bonds is 7. The fourth-order valence-electron chi connectivity index (χ4n) is 2.38. The van der Waals surface area contributed by atoms with Crippen molar-refractivity contribution in [1.29, 1.82) is 0 Å². The van der Waals surface area contributed by atoms with Crippen molar-refractivity contribution in [3.05, 3.63) is 51.1 Å². The second kappa shape index (κ2) is 9.42. The van der Waals surface area contributed by atoms with Gasteiger partial charge in [0, 0.05) is 14.8 Å². The third-order valence-corrected chi connectivity index (χ3v) is 4.54. The predicted octanol–water partition coefficient (Wildman–Crippen LogP) is 3.65. The molecule has 0 fully saturated rings. The molecule has 2 aromatic rings. The maximum Gasteiger partial charge on any atom is 0.262 e. The van der Waals surface area contributed by atoms with Crippen molar-refractivity contribution in [1.82, 2.24) is 5.43 Å². The number of nitrogens with one attached hydrogen (secondary N) is 2. The summed E-state index contributed by atoms with van der Waals surface area (Å²) >= 11 is 2.25. The lowest BCUT2D eigenvalue weighted by Crippen LogP contribution is -2.37. The highest BCUT2D eigenvalue weighted by atomic mass is 127. The van der Waals surface area contributed by atoms with E-state index in [1.807, 2.05) is 26.0 Å². The fraction of sp³-hybridized carbons (Fsp3) is 0.263. The minimum atomic E-state index is -0.412. The number of carbonyl (C=O) groups is 1. The summed E-state index contributed by atoms with van der Waals surface area (Å²) in [5.74, 6) is 0.0827. The number of methoxy groups -OCH3 is 1. The first-order valence-electron chi connectivity index (χ1n) is 8.17. The summed E-state index contributed by atoms with van der Waals surface area (Å²) in [6, 6.07) is 10.7. The molecule has 7 heteroatoms. The topological polar surface area (TPSA) is 83.0 Å². The number of benzene rings is 2. The van der Waals surface area contributed by atoms with E-state index in [4.69, 9.17) is 4.74 Å². The van der Waals surface area contributed by atoms with Crippen molar-refractivity contribution in [2.45, 2.75) is 26.3 Å². The zero-order valence-electron chi connectivity index (χ0n) is 14.9. The molecule has 0 spiro atoms. The van der Waals surface area contributed by atoms with Crippen LogP contribution in [0.1, 0.15) is 24.5 Å². The Morgan fingerprint density at radius 3 is 2.81 bits per heavy atom. The van der Waals surface area contributed by atoms with E-state index in [-0.39, 0.29) is 11.7 Å². The van der Waals surface area contributed by atoms with Crippen LogP contribution in [-0.4, -0.2) is 30.4 Å². The number of halogens is 1. The van der Waals surface area contributed by atoms with E-state index in [0.29, 0.717) is 17.7 Å². The molecular formula is C19H22IN3O3. The summed E-state index contributed by atoms with van der Waals surface area (Å²) in [7, 11) is 1.47. The summed E-state index contributed by atoms with van der Waals surface area (Å²) in [4.78, 5) is 12.4. The monoisotopic (exact) mass is 467 g/mol. The van der Waals surface area contributed by atoms with Crippen molar-refractivity contribution in [2.75, 3.05) is 12.4 Å². The first-order chi connectivity index (χ1) is 12.5. The molecule has 0 aliphatic rings. The van der Waals surface area contributed by atoms with Crippen molar-refractivity contribution < 1.29 is 14.6 Å². The molecule has 0 saturated carbocycles. The summed E-state index contributed by atoms with van der Waals surface area (Å²) in [6.07, 6.45) is 2.00. The zero-order valence-corrected chi connectivity index (χ0v) is 17.1. The van der Waals surface area contributed by atoms with Crippen molar-refractivity contribution in [2.24, 2.45) is 5.10 Å². The summed E-state index contributed by atoms with van der Waals surface area (Å²) in [6.45, 7) is 3.93. The molecular weight excluding hydrogens is 445 g/mol. The molecule has 0 aliphatic heterocycles.